The molecule has 2 aromatic rings. The van der Waals surface area contributed by atoms with Gasteiger partial charge in [-0.1, -0.05) is 46.3 Å². The third-order valence-electron chi connectivity index (χ3n) is 3.28. The standard InChI is InChI=1S/C19H20BrNO4/c1-19(2,20)18(23)25-13-21-12-24-16-10-8-15(9-11-16)17(22)14-6-4-3-5-7-14/h3-11,21H,12-13H2,1-2H3. The number of ether oxygens (including phenoxy) is 2. The molecule has 0 fully saturated rings. The summed E-state index contributed by atoms with van der Waals surface area (Å²) in [6, 6.07) is 16.0. The Morgan fingerprint density at radius 3 is 2.16 bits per heavy atom. The number of esters is 1. The lowest BCUT2D eigenvalue weighted by atomic mass is 10.0. The zero-order chi connectivity index (χ0) is 18.3. The van der Waals surface area contributed by atoms with E-state index in [2.05, 4.69) is 21.2 Å². The molecule has 2 aromatic carbocycles. The van der Waals surface area contributed by atoms with Crippen LogP contribution in [0.3, 0.4) is 0 Å². The average Bonchev–Trinajstić information content (AvgIpc) is 2.61. The van der Waals surface area contributed by atoms with Crippen LogP contribution in [0.1, 0.15) is 29.8 Å². The minimum absolute atomic E-state index is 0.0328. The number of halogens is 1. The summed E-state index contributed by atoms with van der Waals surface area (Å²) in [5.41, 5.74) is 1.24. The summed E-state index contributed by atoms with van der Waals surface area (Å²) >= 11 is 3.22. The van der Waals surface area contributed by atoms with E-state index in [9.17, 15) is 9.59 Å². The first-order valence-electron chi connectivity index (χ1n) is 7.77. The summed E-state index contributed by atoms with van der Waals surface area (Å²) in [5.74, 6) is 0.225. The zero-order valence-corrected chi connectivity index (χ0v) is 15.7. The third kappa shape index (κ3) is 5.99. The van der Waals surface area contributed by atoms with E-state index in [0.29, 0.717) is 16.9 Å². The molecule has 0 atom stereocenters. The molecule has 0 bridgehead atoms. The van der Waals surface area contributed by atoms with Crippen molar-refractivity contribution in [2.45, 2.75) is 18.2 Å². The number of alkyl halides is 1. The second kappa shape index (κ2) is 8.78. The van der Waals surface area contributed by atoms with Crippen LogP contribution in [-0.4, -0.2) is 29.5 Å². The second-order valence-corrected chi connectivity index (χ2v) is 7.79. The quantitative estimate of drug-likeness (QED) is 0.239. The minimum Gasteiger partial charge on any atom is -0.478 e. The number of carbonyl (C=O) groups excluding carboxylic acids is 2. The Kier molecular flexibility index (Phi) is 6.73. The molecule has 0 aliphatic rings. The van der Waals surface area contributed by atoms with Gasteiger partial charge in [-0.3, -0.25) is 14.9 Å². The lowest BCUT2D eigenvalue weighted by Gasteiger charge is -2.15. The van der Waals surface area contributed by atoms with Gasteiger partial charge in [0.05, 0.1) is 0 Å². The fourth-order valence-electron chi connectivity index (χ4n) is 1.92. The molecule has 0 saturated heterocycles. The molecule has 0 unspecified atom stereocenters. The summed E-state index contributed by atoms with van der Waals surface area (Å²) in [5, 5.41) is 2.85. The molecular formula is C19H20BrNO4. The van der Waals surface area contributed by atoms with E-state index in [4.69, 9.17) is 9.47 Å². The van der Waals surface area contributed by atoms with Crippen LogP contribution >= 0.6 is 15.9 Å². The molecule has 5 nitrogen and oxygen atoms in total. The van der Waals surface area contributed by atoms with E-state index in [1.165, 1.54) is 0 Å². The smallest absolute Gasteiger partial charge is 0.323 e. The molecule has 0 aliphatic carbocycles. The van der Waals surface area contributed by atoms with Crippen molar-refractivity contribution in [3.63, 3.8) is 0 Å². The van der Waals surface area contributed by atoms with E-state index in [0.717, 1.165) is 0 Å². The molecule has 0 amide bonds. The van der Waals surface area contributed by atoms with Crippen molar-refractivity contribution in [1.29, 1.82) is 0 Å². The van der Waals surface area contributed by atoms with Crippen LogP contribution in [0, 0.1) is 0 Å². The fourth-order valence-corrected chi connectivity index (χ4v) is 2.04. The predicted molar refractivity (Wildman–Crippen MR) is 98.9 cm³/mol. The van der Waals surface area contributed by atoms with Crippen LogP contribution in [-0.2, 0) is 9.53 Å². The van der Waals surface area contributed by atoms with Crippen LogP contribution in [0.4, 0.5) is 0 Å². The highest BCUT2D eigenvalue weighted by Gasteiger charge is 2.25. The van der Waals surface area contributed by atoms with Gasteiger partial charge in [0, 0.05) is 11.1 Å². The lowest BCUT2D eigenvalue weighted by Crippen LogP contribution is -2.32. The number of hydrogen-bond acceptors (Lipinski definition) is 5. The lowest BCUT2D eigenvalue weighted by molar-refractivity contribution is -0.146. The molecule has 25 heavy (non-hydrogen) atoms. The van der Waals surface area contributed by atoms with Gasteiger partial charge in [-0.25, -0.2) is 0 Å². The molecule has 0 heterocycles. The van der Waals surface area contributed by atoms with Crippen molar-refractivity contribution in [3.05, 3.63) is 65.7 Å². The summed E-state index contributed by atoms with van der Waals surface area (Å²) in [7, 11) is 0. The van der Waals surface area contributed by atoms with Gasteiger partial charge in [-0.05, 0) is 38.1 Å². The monoisotopic (exact) mass is 405 g/mol. The molecule has 0 aromatic heterocycles. The molecule has 0 aliphatic heterocycles. The van der Waals surface area contributed by atoms with Crippen LogP contribution in [0.15, 0.2) is 54.6 Å². The Labute approximate surface area is 155 Å². The highest BCUT2D eigenvalue weighted by atomic mass is 79.9. The van der Waals surface area contributed by atoms with Crippen molar-refractivity contribution in [2.24, 2.45) is 0 Å². The highest BCUT2D eigenvalue weighted by Crippen LogP contribution is 2.17. The number of hydrogen-bond donors (Lipinski definition) is 1. The van der Waals surface area contributed by atoms with Gasteiger partial charge in [0.15, 0.2) is 5.78 Å². The normalized spacial score (nSPS) is 11.0. The molecule has 132 valence electrons. The summed E-state index contributed by atoms with van der Waals surface area (Å²) in [4.78, 5) is 23.8. The van der Waals surface area contributed by atoms with Gasteiger partial charge in [0.1, 0.15) is 23.5 Å². The molecule has 2 rings (SSSR count). The van der Waals surface area contributed by atoms with Crippen molar-refractivity contribution in [1.82, 2.24) is 5.32 Å². The van der Waals surface area contributed by atoms with E-state index in [1.807, 2.05) is 18.2 Å². The SMILES string of the molecule is CC(C)(Br)C(=O)OCNCOc1ccc(C(=O)c2ccccc2)cc1. The number of rotatable bonds is 8. The van der Waals surface area contributed by atoms with Crippen molar-refractivity contribution in [2.75, 3.05) is 13.5 Å². The summed E-state index contributed by atoms with van der Waals surface area (Å²) in [6.45, 7) is 3.66. The van der Waals surface area contributed by atoms with Gasteiger partial charge < -0.3 is 9.47 Å². The number of nitrogens with one attached hydrogen (secondary N) is 1. The van der Waals surface area contributed by atoms with Gasteiger partial charge in [-0.15, -0.1) is 0 Å². The van der Waals surface area contributed by atoms with Gasteiger partial charge in [0.2, 0.25) is 0 Å². The highest BCUT2D eigenvalue weighted by molar-refractivity contribution is 9.10. The zero-order valence-electron chi connectivity index (χ0n) is 14.1. The van der Waals surface area contributed by atoms with Gasteiger partial charge in [0.25, 0.3) is 0 Å². The van der Waals surface area contributed by atoms with Crippen LogP contribution in [0.25, 0.3) is 0 Å². The number of carbonyl (C=O) groups is 2. The first-order chi connectivity index (χ1) is 11.9. The maximum Gasteiger partial charge on any atom is 0.323 e. The maximum atomic E-state index is 12.3. The van der Waals surface area contributed by atoms with Crippen LogP contribution < -0.4 is 10.1 Å². The third-order valence-corrected chi connectivity index (χ3v) is 3.61. The largest absolute Gasteiger partial charge is 0.478 e. The molecule has 0 saturated carbocycles. The van der Waals surface area contributed by atoms with E-state index in [-0.39, 0.29) is 25.2 Å². The van der Waals surface area contributed by atoms with Crippen LogP contribution in [0.5, 0.6) is 5.75 Å². The van der Waals surface area contributed by atoms with Gasteiger partial charge in [-0.2, -0.15) is 0 Å². The molecule has 1 N–H and O–H groups in total. The molecule has 0 spiro atoms. The Morgan fingerprint density at radius 2 is 1.56 bits per heavy atom. The predicted octanol–water partition coefficient (Wildman–Crippen LogP) is 3.52. The van der Waals surface area contributed by atoms with Crippen LogP contribution in [0.2, 0.25) is 0 Å². The first kappa shape index (κ1) is 19.1. The van der Waals surface area contributed by atoms with Gasteiger partial charge >= 0.3 is 5.97 Å². The van der Waals surface area contributed by atoms with E-state index >= 15 is 0 Å². The van der Waals surface area contributed by atoms with Crippen molar-refractivity contribution >= 4 is 27.7 Å². The maximum absolute atomic E-state index is 12.3. The fraction of sp³-hybridized carbons (Fsp3) is 0.263. The Balaban J connectivity index is 1.77. The van der Waals surface area contributed by atoms with Crippen molar-refractivity contribution in [3.8, 4) is 5.75 Å². The molecule has 0 radical (unpaired) electrons. The Morgan fingerprint density at radius 1 is 0.960 bits per heavy atom. The van der Waals surface area contributed by atoms with E-state index in [1.54, 1.807) is 50.2 Å². The Hall–Kier alpha value is -2.18. The summed E-state index contributed by atoms with van der Waals surface area (Å²) < 4.78 is 9.80. The number of ketones is 1. The number of benzene rings is 2. The second-order valence-electron chi connectivity index (χ2n) is 5.81. The molecular weight excluding hydrogens is 386 g/mol. The topological polar surface area (TPSA) is 64.6 Å². The average molecular weight is 406 g/mol. The Bertz CT molecular complexity index is 708. The minimum atomic E-state index is -0.712. The first-order valence-corrected chi connectivity index (χ1v) is 8.56. The van der Waals surface area contributed by atoms with Crippen molar-refractivity contribution < 1.29 is 19.1 Å². The molecule has 6 heteroatoms. The van der Waals surface area contributed by atoms with E-state index < -0.39 is 4.32 Å². The summed E-state index contributed by atoms with van der Waals surface area (Å²) in [6.07, 6.45) is 0.